The van der Waals surface area contributed by atoms with E-state index in [0.29, 0.717) is 17.9 Å². The predicted octanol–water partition coefficient (Wildman–Crippen LogP) is -0.277. The lowest BCUT2D eigenvalue weighted by Gasteiger charge is -2.08. The lowest BCUT2D eigenvalue weighted by molar-refractivity contribution is 0.706. The number of nitrogens with one attached hydrogen (secondary N) is 1. The van der Waals surface area contributed by atoms with Crippen LogP contribution in [0.4, 0.5) is 5.82 Å². The Morgan fingerprint density at radius 3 is 2.69 bits per heavy atom. The maximum Gasteiger partial charge on any atom is 0.255 e. The van der Waals surface area contributed by atoms with Crippen molar-refractivity contribution < 1.29 is 0 Å². The summed E-state index contributed by atoms with van der Waals surface area (Å²) in [6, 6.07) is 0. The highest BCUT2D eigenvalue weighted by atomic mass is 16.1. The normalized spacial score (nSPS) is 12.8. The first-order chi connectivity index (χ1) is 6.06. The molecule has 0 radical (unpaired) electrons. The monoisotopic (exact) mass is 182 g/mol. The van der Waals surface area contributed by atoms with Crippen molar-refractivity contribution in [2.24, 2.45) is 5.73 Å². The van der Waals surface area contributed by atoms with Gasteiger partial charge in [-0.1, -0.05) is 6.92 Å². The fourth-order valence-corrected chi connectivity index (χ4v) is 0.913. The van der Waals surface area contributed by atoms with Crippen LogP contribution >= 0.6 is 0 Å². The van der Waals surface area contributed by atoms with Gasteiger partial charge >= 0.3 is 0 Å². The highest BCUT2D eigenvalue weighted by molar-refractivity contribution is 5.36. The van der Waals surface area contributed by atoms with Gasteiger partial charge in [-0.15, -0.1) is 0 Å². The minimum Gasteiger partial charge on any atom is -0.383 e. The first-order valence-corrected chi connectivity index (χ1v) is 4.12. The molecule has 0 aliphatic rings. The summed E-state index contributed by atoms with van der Waals surface area (Å²) < 4.78 is 0. The predicted molar refractivity (Wildman–Crippen MR) is 51.5 cm³/mol. The van der Waals surface area contributed by atoms with E-state index in [1.807, 2.05) is 6.92 Å². The van der Waals surface area contributed by atoms with Gasteiger partial charge in [-0.05, 0) is 6.92 Å². The fourth-order valence-electron chi connectivity index (χ4n) is 0.913. The van der Waals surface area contributed by atoms with E-state index in [0.717, 1.165) is 0 Å². The molecule has 1 atom stereocenters. The van der Waals surface area contributed by atoms with Gasteiger partial charge in [-0.2, -0.15) is 0 Å². The highest BCUT2D eigenvalue weighted by Crippen LogP contribution is 2.08. The van der Waals surface area contributed by atoms with Crippen molar-refractivity contribution in [2.45, 2.75) is 19.8 Å². The first kappa shape index (κ1) is 9.73. The third kappa shape index (κ3) is 1.86. The van der Waals surface area contributed by atoms with Gasteiger partial charge in [0, 0.05) is 12.5 Å². The lowest BCUT2D eigenvalue weighted by atomic mass is 10.1. The minimum absolute atomic E-state index is 0.0237. The average Bonchev–Trinajstić information content (AvgIpc) is 2.12. The summed E-state index contributed by atoms with van der Waals surface area (Å²) in [4.78, 5) is 18.0. The van der Waals surface area contributed by atoms with Gasteiger partial charge in [-0.3, -0.25) is 4.79 Å². The van der Waals surface area contributed by atoms with E-state index >= 15 is 0 Å². The third-order valence-electron chi connectivity index (χ3n) is 2.03. The van der Waals surface area contributed by atoms with Crippen LogP contribution in [0.25, 0.3) is 0 Å². The molecular formula is C8H14N4O. The number of hydrogen-bond acceptors (Lipinski definition) is 4. The number of nitrogens with zero attached hydrogens (tertiary/aromatic N) is 1. The number of nitrogens with two attached hydrogens (primary N) is 2. The molecule has 1 rings (SSSR count). The molecule has 1 heterocycles. The molecule has 1 aromatic heterocycles. The number of aromatic nitrogens is 2. The highest BCUT2D eigenvalue weighted by Gasteiger charge is 2.09. The molecule has 72 valence electrons. The third-order valence-corrected chi connectivity index (χ3v) is 2.03. The summed E-state index contributed by atoms with van der Waals surface area (Å²) >= 11 is 0. The topological polar surface area (TPSA) is 97.8 Å². The SMILES string of the molecule is Cc1c(N)nc(C(C)CN)[nH]c1=O. The fraction of sp³-hybridized carbons (Fsp3) is 0.500. The number of anilines is 1. The number of H-pyrrole nitrogens is 1. The van der Waals surface area contributed by atoms with E-state index in [9.17, 15) is 4.79 Å². The van der Waals surface area contributed by atoms with E-state index in [-0.39, 0.29) is 17.3 Å². The van der Waals surface area contributed by atoms with E-state index < -0.39 is 0 Å². The van der Waals surface area contributed by atoms with Crippen LogP contribution in [0.2, 0.25) is 0 Å². The molecule has 0 saturated carbocycles. The zero-order chi connectivity index (χ0) is 10.0. The zero-order valence-electron chi connectivity index (χ0n) is 7.79. The van der Waals surface area contributed by atoms with Crippen LogP contribution in [0.5, 0.6) is 0 Å². The smallest absolute Gasteiger partial charge is 0.255 e. The Labute approximate surface area is 76.2 Å². The van der Waals surface area contributed by atoms with Crippen LogP contribution in [-0.2, 0) is 0 Å². The Morgan fingerprint density at radius 2 is 2.23 bits per heavy atom. The molecule has 0 aromatic carbocycles. The van der Waals surface area contributed by atoms with Crippen LogP contribution in [0.1, 0.15) is 24.2 Å². The maximum atomic E-state index is 11.3. The van der Waals surface area contributed by atoms with Gasteiger partial charge in [0.1, 0.15) is 11.6 Å². The summed E-state index contributed by atoms with van der Waals surface area (Å²) in [5.41, 5.74) is 11.2. The van der Waals surface area contributed by atoms with Crippen molar-refractivity contribution in [1.82, 2.24) is 9.97 Å². The summed E-state index contributed by atoms with van der Waals surface area (Å²) in [7, 11) is 0. The van der Waals surface area contributed by atoms with Gasteiger partial charge in [0.2, 0.25) is 0 Å². The number of nitrogen functional groups attached to an aromatic ring is 1. The van der Waals surface area contributed by atoms with Gasteiger partial charge in [0.15, 0.2) is 0 Å². The molecule has 1 aromatic rings. The van der Waals surface area contributed by atoms with Crippen LogP contribution in [-0.4, -0.2) is 16.5 Å². The molecule has 5 heteroatoms. The van der Waals surface area contributed by atoms with E-state index in [1.165, 1.54) is 0 Å². The second kappa shape index (κ2) is 3.57. The van der Waals surface area contributed by atoms with Crippen LogP contribution in [0.15, 0.2) is 4.79 Å². The molecule has 5 N–H and O–H groups in total. The molecule has 13 heavy (non-hydrogen) atoms. The second-order valence-corrected chi connectivity index (χ2v) is 3.10. The maximum absolute atomic E-state index is 11.3. The average molecular weight is 182 g/mol. The van der Waals surface area contributed by atoms with Crippen LogP contribution in [0.3, 0.4) is 0 Å². The van der Waals surface area contributed by atoms with Gasteiger partial charge in [-0.25, -0.2) is 4.98 Å². The molecule has 1 unspecified atom stereocenters. The zero-order valence-corrected chi connectivity index (χ0v) is 7.79. The molecule has 0 aliphatic heterocycles. The Morgan fingerprint density at radius 1 is 1.62 bits per heavy atom. The van der Waals surface area contributed by atoms with Crippen molar-refractivity contribution in [3.8, 4) is 0 Å². The van der Waals surface area contributed by atoms with Crippen molar-refractivity contribution in [3.63, 3.8) is 0 Å². The van der Waals surface area contributed by atoms with Crippen LogP contribution in [0, 0.1) is 6.92 Å². The molecular weight excluding hydrogens is 168 g/mol. The molecule has 0 saturated heterocycles. The largest absolute Gasteiger partial charge is 0.383 e. The van der Waals surface area contributed by atoms with Crippen molar-refractivity contribution in [2.75, 3.05) is 12.3 Å². The van der Waals surface area contributed by atoms with Gasteiger partial charge in [0.25, 0.3) is 5.56 Å². The molecule has 0 aliphatic carbocycles. The Hall–Kier alpha value is -1.36. The Balaban J connectivity index is 3.21. The molecule has 0 spiro atoms. The van der Waals surface area contributed by atoms with E-state index in [2.05, 4.69) is 9.97 Å². The van der Waals surface area contributed by atoms with E-state index in [1.54, 1.807) is 6.92 Å². The molecule has 0 fully saturated rings. The summed E-state index contributed by atoms with van der Waals surface area (Å²) in [5, 5.41) is 0. The Kier molecular flexibility index (Phi) is 2.67. The second-order valence-electron chi connectivity index (χ2n) is 3.10. The van der Waals surface area contributed by atoms with E-state index in [4.69, 9.17) is 11.5 Å². The molecule has 0 amide bonds. The van der Waals surface area contributed by atoms with Crippen LogP contribution < -0.4 is 17.0 Å². The number of hydrogen-bond donors (Lipinski definition) is 3. The Bertz CT molecular complexity index is 358. The lowest BCUT2D eigenvalue weighted by Crippen LogP contribution is -2.21. The minimum atomic E-state index is -0.192. The summed E-state index contributed by atoms with van der Waals surface area (Å²) in [6.07, 6.45) is 0. The van der Waals surface area contributed by atoms with Crippen molar-refractivity contribution >= 4 is 5.82 Å². The number of aromatic amines is 1. The molecule has 5 nitrogen and oxygen atoms in total. The van der Waals surface area contributed by atoms with Crippen molar-refractivity contribution in [1.29, 1.82) is 0 Å². The first-order valence-electron chi connectivity index (χ1n) is 4.12. The summed E-state index contributed by atoms with van der Waals surface area (Å²) in [5.74, 6) is 0.852. The number of rotatable bonds is 2. The summed E-state index contributed by atoms with van der Waals surface area (Å²) in [6.45, 7) is 3.95. The standard InChI is InChI=1S/C8H14N4O/c1-4(3-9)7-11-6(10)5(2)8(13)12-7/h4H,3,9H2,1-2H3,(H3,10,11,12,13). The van der Waals surface area contributed by atoms with Crippen molar-refractivity contribution in [3.05, 3.63) is 21.7 Å². The quantitative estimate of drug-likeness (QED) is 0.586. The van der Waals surface area contributed by atoms with Gasteiger partial charge in [0.05, 0.1) is 5.56 Å². The molecule has 0 bridgehead atoms. The van der Waals surface area contributed by atoms with Gasteiger partial charge < -0.3 is 16.5 Å².